The first-order valence-corrected chi connectivity index (χ1v) is 7.65. The summed E-state index contributed by atoms with van der Waals surface area (Å²) in [4.78, 5) is 22.8. The number of ether oxygens (including phenoxy) is 1. The third kappa shape index (κ3) is 6.13. The smallest absolute Gasteiger partial charge is 0.258 e. The number of amides is 2. The molecule has 0 saturated heterocycles. The SMILES string of the molecule is NCCC(=O)NCCc1ccc(OCC(=O)NC2CC2)cc1. The van der Waals surface area contributed by atoms with Crippen LogP contribution in [-0.4, -0.2) is 37.6 Å². The zero-order valence-corrected chi connectivity index (χ0v) is 12.6. The lowest BCUT2D eigenvalue weighted by Gasteiger charge is -2.08. The number of nitrogens with two attached hydrogens (primary N) is 1. The molecular weight excluding hydrogens is 282 g/mol. The van der Waals surface area contributed by atoms with Crippen LogP contribution in [0.1, 0.15) is 24.8 Å². The molecule has 1 aromatic rings. The van der Waals surface area contributed by atoms with Gasteiger partial charge in [0.15, 0.2) is 6.61 Å². The average Bonchev–Trinajstić information content (AvgIpc) is 3.31. The van der Waals surface area contributed by atoms with Gasteiger partial charge < -0.3 is 21.1 Å². The Bertz CT molecular complexity index is 498. The summed E-state index contributed by atoms with van der Waals surface area (Å²) in [6.45, 7) is 1.00. The Morgan fingerprint density at radius 1 is 1.18 bits per heavy atom. The Balaban J connectivity index is 1.66. The fraction of sp³-hybridized carbons (Fsp3) is 0.500. The van der Waals surface area contributed by atoms with Crippen molar-refractivity contribution in [1.29, 1.82) is 0 Å². The molecule has 2 rings (SSSR count). The van der Waals surface area contributed by atoms with E-state index in [1.165, 1.54) is 0 Å². The summed E-state index contributed by atoms with van der Waals surface area (Å²) in [7, 11) is 0. The number of hydrogen-bond donors (Lipinski definition) is 3. The van der Waals surface area contributed by atoms with Gasteiger partial charge in [0.25, 0.3) is 5.91 Å². The lowest BCUT2D eigenvalue weighted by molar-refractivity contribution is -0.123. The molecule has 0 aliphatic heterocycles. The van der Waals surface area contributed by atoms with Crippen molar-refractivity contribution in [3.05, 3.63) is 29.8 Å². The lowest BCUT2D eigenvalue weighted by atomic mass is 10.1. The fourth-order valence-corrected chi connectivity index (χ4v) is 1.96. The largest absolute Gasteiger partial charge is 0.484 e. The Hall–Kier alpha value is -2.08. The zero-order chi connectivity index (χ0) is 15.8. The van der Waals surface area contributed by atoms with Gasteiger partial charge in [0, 0.05) is 25.6 Å². The summed E-state index contributed by atoms with van der Waals surface area (Å²) in [5.74, 6) is 0.570. The second kappa shape index (κ2) is 8.38. The number of nitrogens with one attached hydrogen (secondary N) is 2. The Labute approximate surface area is 130 Å². The predicted molar refractivity (Wildman–Crippen MR) is 83.5 cm³/mol. The highest BCUT2D eigenvalue weighted by Gasteiger charge is 2.23. The first kappa shape index (κ1) is 16.3. The van der Waals surface area contributed by atoms with Crippen LogP contribution in [0.4, 0.5) is 0 Å². The quantitative estimate of drug-likeness (QED) is 0.614. The number of carbonyl (C=O) groups excluding carboxylic acids is 2. The minimum Gasteiger partial charge on any atom is -0.484 e. The number of hydrogen-bond acceptors (Lipinski definition) is 4. The molecule has 22 heavy (non-hydrogen) atoms. The molecule has 1 saturated carbocycles. The molecule has 1 aliphatic carbocycles. The standard InChI is InChI=1S/C16H23N3O3/c17-9-7-15(20)18-10-8-12-1-5-14(6-2-12)22-11-16(21)19-13-3-4-13/h1-2,5-6,13H,3-4,7-11,17H2,(H,18,20)(H,19,21). The van der Waals surface area contributed by atoms with Gasteiger partial charge in [0.2, 0.25) is 5.91 Å². The van der Waals surface area contributed by atoms with E-state index < -0.39 is 0 Å². The second-order valence-electron chi connectivity index (χ2n) is 5.41. The summed E-state index contributed by atoms with van der Waals surface area (Å²) in [6.07, 6.45) is 3.25. The zero-order valence-electron chi connectivity index (χ0n) is 12.6. The molecule has 6 heteroatoms. The van der Waals surface area contributed by atoms with Crippen LogP contribution in [0.15, 0.2) is 24.3 Å². The van der Waals surface area contributed by atoms with E-state index >= 15 is 0 Å². The van der Waals surface area contributed by atoms with Crippen LogP contribution < -0.4 is 21.1 Å². The molecule has 0 atom stereocenters. The Morgan fingerprint density at radius 2 is 1.91 bits per heavy atom. The van der Waals surface area contributed by atoms with Crippen LogP contribution in [0.25, 0.3) is 0 Å². The fourth-order valence-electron chi connectivity index (χ4n) is 1.96. The van der Waals surface area contributed by atoms with E-state index in [2.05, 4.69) is 10.6 Å². The summed E-state index contributed by atoms with van der Waals surface area (Å²) >= 11 is 0. The lowest BCUT2D eigenvalue weighted by Crippen LogP contribution is -2.30. The van der Waals surface area contributed by atoms with E-state index in [4.69, 9.17) is 10.5 Å². The van der Waals surface area contributed by atoms with Crippen molar-refractivity contribution < 1.29 is 14.3 Å². The van der Waals surface area contributed by atoms with E-state index in [0.717, 1.165) is 24.8 Å². The molecule has 1 fully saturated rings. The molecule has 6 nitrogen and oxygen atoms in total. The maximum Gasteiger partial charge on any atom is 0.258 e. The molecular formula is C16H23N3O3. The van der Waals surface area contributed by atoms with Gasteiger partial charge >= 0.3 is 0 Å². The molecule has 0 bridgehead atoms. The van der Waals surface area contributed by atoms with Crippen LogP contribution in [0, 0.1) is 0 Å². The van der Waals surface area contributed by atoms with Gasteiger partial charge in [-0.15, -0.1) is 0 Å². The molecule has 0 heterocycles. The molecule has 0 aromatic heterocycles. The van der Waals surface area contributed by atoms with Crippen molar-refractivity contribution in [3.8, 4) is 5.75 Å². The summed E-state index contributed by atoms with van der Waals surface area (Å²) in [5, 5.41) is 5.68. The monoisotopic (exact) mass is 305 g/mol. The highest BCUT2D eigenvalue weighted by atomic mass is 16.5. The number of carbonyl (C=O) groups is 2. The van der Waals surface area contributed by atoms with Gasteiger partial charge in [0.1, 0.15) is 5.75 Å². The third-order valence-electron chi connectivity index (χ3n) is 3.34. The number of benzene rings is 1. The van der Waals surface area contributed by atoms with Crippen LogP contribution >= 0.6 is 0 Å². The second-order valence-corrected chi connectivity index (χ2v) is 5.41. The van der Waals surface area contributed by atoms with Gasteiger partial charge in [-0.05, 0) is 37.0 Å². The minimum atomic E-state index is -0.0748. The number of rotatable bonds is 9. The van der Waals surface area contributed by atoms with Gasteiger partial charge in [-0.3, -0.25) is 9.59 Å². The summed E-state index contributed by atoms with van der Waals surface area (Å²) < 4.78 is 5.43. The van der Waals surface area contributed by atoms with Gasteiger partial charge in [-0.1, -0.05) is 12.1 Å². The highest BCUT2D eigenvalue weighted by molar-refractivity contribution is 5.78. The van der Waals surface area contributed by atoms with Gasteiger partial charge in [-0.2, -0.15) is 0 Å². The van der Waals surface area contributed by atoms with Crippen molar-refractivity contribution in [3.63, 3.8) is 0 Å². The van der Waals surface area contributed by atoms with Crippen molar-refractivity contribution in [2.24, 2.45) is 5.73 Å². The summed E-state index contributed by atoms with van der Waals surface area (Å²) in [6, 6.07) is 7.89. The van der Waals surface area contributed by atoms with Gasteiger partial charge in [-0.25, -0.2) is 0 Å². The molecule has 120 valence electrons. The molecule has 1 aliphatic rings. The van der Waals surface area contributed by atoms with Crippen molar-refractivity contribution in [1.82, 2.24) is 10.6 Å². The predicted octanol–water partition coefficient (Wildman–Crippen LogP) is 0.352. The van der Waals surface area contributed by atoms with Crippen LogP contribution in [0.2, 0.25) is 0 Å². The highest BCUT2D eigenvalue weighted by Crippen LogP contribution is 2.18. The molecule has 2 amide bonds. The van der Waals surface area contributed by atoms with E-state index in [9.17, 15) is 9.59 Å². The molecule has 0 spiro atoms. The first-order valence-electron chi connectivity index (χ1n) is 7.65. The molecule has 4 N–H and O–H groups in total. The molecule has 0 unspecified atom stereocenters. The van der Waals surface area contributed by atoms with Crippen LogP contribution in [0.3, 0.4) is 0 Å². The topological polar surface area (TPSA) is 93.5 Å². The molecule has 0 radical (unpaired) electrons. The van der Waals surface area contributed by atoms with E-state index in [0.29, 0.717) is 31.3 Å². The van der Waals surface area contributed by atoms with E-state index in [1.807, 2.05) is 24.3 Å². The van der Waals surface area contributed by atoms with Crippen LogP contribution in [-0.2, 0) is 16.0 Å². The minimum absolute atomic E-state index is 0.0240. The van der Waals surface area contributed by atoms with Crippen molar-refractivity contribution >= 4 is 11.8 Å². The van der Waals surface area contributed by atoms with Crippen LogP contribution in [0.5, 0.6) is 5.75 Å². The average molecular weight is 305 g/mol. The van der Waals surface area contributed by atoms with E-state index in [-0.39, 0.29) is 18.4 Å². The normalized spacial score (nSPS) is 13.5. The van der Waals surface area contributed by atoms with E-state index in [1.54, 1.807) is 0 Å². The third-order valence-corrected chi connectivity index (χ3v) is 3.34. The summed E-state index contributed by atoms with van der Waals surface area (Å²) in [5.41, 5.74) is 6.41. The maximum absolute atomic E-state index is 11.5. The van der Waals surface area contributed by atoms with Crippen molar-refractivity contribution in [2.45, 2.75) is 31.7 Å². The van der Waals surface area contributed by atoms with Gasteiger partial charge in [0.05, 0.1) is 0 Å². The molecule has 1 aromatic carbocycles. The first-order chi connectivity index (χ1) is 10.7. The Morgan fingerprint density at radius 3 is 2.55 bits per heavy atom. The van der Waals surface area contributed by atoms with Crippen molar-refractivity contribution in [2.75, 3.05) is 19.7 Å². The Kier molecular flexibility index (Phi) is 6.21. The maximum atomic E-state index is 11.5.